The van der Waals surface area contributed by atoms with Gasteiger partial charge in [-0.2, -0.15) is 0 Å². The fraction of sp³-hybridized carbons (Fsp3) is 0.684. The van der Waals surface area contributed by atoms with Gasteiger partial charge in [-0.1, -0.05) is 0 Å². The summed E-state index contributed by atoms with van der Waals surface area (Å²) in [5, 5.41) is 0. The minimum Gasteiger partial charge on any atom is -0.383 e. The quantitative estimate of drug-likeness (QED) is 0.743. The largest absolute Gasteiger partial charge is 0.383 e. The zero-order chi connectivity index (χ0) is 19.0. The third kappa shape index (κ3) is 3.75. The van der Waals surface area contributed by atoms with Gasteiger partial charge in [-0.3, -0.25) is 14.7 Å². The van der Waals surface area contributed by atoms with Crippen LogP contribution in [0, 0.1) is 0 Å². The summed E-state index contributed by atoms with van der Waals surface area (Å²) < 4.78 is 29.8. The van der Waals surface area contributed by atoms with Gasteiger partial charge in [0.2, 0.25) is 0 Å². The second kappa shape index (κ2) is 7.48. The molecule has 0 N–H and O–H groups in total. The molecule has 1 aromatic heterocycles. The van der Waals surface area contributed by atoms with E-state index in [4.69, 9.17) is 4.74 Å². The highest BCUT2D eigenvalue weighted by molar-refractivity contribution is 7.91. The molecule has 0 saturated carbocycles. The van der Waals surface area contributed by atoms with Crippen molar-refractivity contribution in [2.24, 2.45) is 0 Å². The van der Waals surface area contributed by atoms with E-state index in [-0.39, 0.29) is 29.5 Å². The lowest BCUT2D eigenvalue weighted by atomic mass is 9.94. The number of piperazine rings is 1. The third-order valence-electron chi connectivity index (χ3n) is 6.05. The first-order chi connectivity index (χ1) is 13.0. The average molecular weight is 394 g/mol. The summed E-state index contributed by atoms with van der Waals surface area (Å²) >= 11 is 0. The first kappa shape index (κ1) is 18.8. The van der Waals surface area contributed by atoms with Gasteiger partial charge in [-0.15, -0.1) is 0 Å². The lowest BCUT2D eigenvalue weighted by Gasteiger charge is -2.43. The number of methoxy groups -OCH3 is 1. The Morgan fingerprint density at radius 1 is 1.22 bits per heavy atom. The number of aryl methyl sites for hydroxylation is 2. The Morgan fingerprint density at radius 3 is 2.81 bits per heavy atom. The number of amides is 1. The van der Waals surface area contributed by atoms with Gasteiger partial charge in [0.25, 0.3) is 5.91 Å². The molecule has 1 aliphatic carbocycles. The summed E-state index contributed by atoms with van der Waals surface area (Å²) in [5.41, 5.74) is 2.86. The number of hydrogen-bond acceptors (Lipinski definition) is 6. The van der Waals surface area contributed by atoms with Crippen LogP contribution >= 0.6 is 0 Å². The summed E-state index contributed by atoms with van der Waals surface area (Å²) in [5.74, 6) is 0.0770. The van der Waals surface area contributed by atoms with Gasteiger partial charge in [0.05, 0.1) is 29.7 Å². The summed E-state index contributed by atoms with van der Waals surface area (Å²) in [6.07, 6.45) is 5.90. The molecule has 0 radical (unpaired) electrons. The second-order valence-electron chi connectivity index (χ2n) is 7.78. The van der Waals surface area contributed by atoms with Crippen LogP contribution in [0.1, 0.15) is 34.5 Å². The van der Waals surface area contributed by atoms with E-state index in [2.05, 4.69) is 9.88 Å². The van der Waals surface area contributed by atoms with Crippen molar-refractivity contribution in [3.05, 3.63) is 29.1 Å². The van der Waals surface area contributed by atoms with E-state index in [1.807, 2.05) is 6.07 Å². The first-order valence-electron chi connectivity index (χ1n) is 9.71. The topological polar surface area (TPSA) is 79.8 Å². The van der Waals surface area contributed by atoms with Crippen LogP contribution in [0.2, 0.25) is 0 Å². The molecular weight excluding hydrogens is 366 g/mol. The number of fused-ring (bicyclic) bond motifs is 2. The number of aromatic nitrogens is 1. The number of sulfone groups is 1. The van der Waals surface area contributed by atoms with Crippen molar-refractivity contribution >= 4 is 15.7 Å². The van der Waals surface area contributed by atoms with Gasteiger partial charge in [0.15, 0.2) is 9.84 Å². The molecule has 1 amide bonds. The van der Waals surface area contributed by atoms with Gasteiger partial charge in [0.1, 0.15) is 0 Å². The molecule has 2 unspecified atom stereocenters. The minimum absolute atomic E-state index is 0.0469. The van der Waals surface area contributed by atoms with Crippen LogP contribution < -0.4 is 0 Å². The average Bonchev–Trinajstić information content (AvgIpc) is 3.00. The van der Waals surface area contributed by atoms with Crippen LogP contribution in [0.4, 0.5) is 0 Å². The zero-order valence-electron chi connectivity index (χ0n) is 15.8. The lowest BCUT2D eigenvalue weighted by molar-refractivity contribution is 0.0247. The normalized spacial score (nSPS) is 27.2. The van der Waals surface area contributed by atoms with Gasteiger partial charge in [0, 0.05) is 44.7 Å². The number of ether oxygens (including phenoxy) is 1. The molecule has 3 heterocycles. The molecule has 2 saturated heterocycles. The Morgan fingerprint density at radius 2 is 2.00 bits per heavy atom. The molecule has 2 fully saturated rings. The Hall–Kier alpha value is -1.51. The number of rotatable bonds is 4. The van der Waals surface area contributed by atoms with Crippen molar-refractivity contribution in [1.82, 2.24) is 14.8 Å². The molecule has 27 heavy (non-hydrogen) atoms. The predicted molar refractivity (Wildman–Crippen MR) is 102 cm³/mol. The summed E-state index contributed by atoms with van der Waals surface area (Å²) in [7, 11) is -1.50. The maximum atomic E-state index is 13.2. The predicted octanol–water partition coefficient (Wildman–Crippen LogP) is 0.530. The molecule has 7 nitrogen and oxygen atoms in total. The highest BCUT2D eigenvalue weighted by Gasteiger charge is 2.48. The highest BCUT2D eigenvalue weighted by atomic mass is 32.2. The van der Waals surface area contributed by atoms with Crippen molar-refractivity contribution in [1.29, 1.82) is 0 Å². The molecule has 148 valence electrons. The SMILES string of the molecule is COCCN1CCN(C(=O)c2cnc3c(c2)CCCC3)C2CS(=O)(=O)CC21. The summed E-state index contributed by atoms with van der Waals surface area (Å²) in [6, 6.07) is 1.54. The van der Waals surface area contributed by atoms with Gasteiger partial charge < -0.3 is 9.64 Å². The molecule has 2 atom stereocenters. The second-order valence-corrected chi connectivity index (χ2v) is 9.93. The van der Waals surface area contributed by atoms with Gasteiger partial charge in [-0.25, -0.2) is 8.42 Å². The van der Waals surface area contributed by atoms with E-state index in [1.54, 1.807) is 18.2 Å². The van der Waals surface area contributed by atoms with E-state index >= 15 is 0 Å². The van der Waals surface area contributed by atoms with E-state index in [1.165, 1.54) is 5.56 Å². The van der Waals surface area contributed by atoms with Crippen LogP contribution in [-0.2, 0) is 27.4 Å². The smallest absolute Gasteiger partial charge is 0.255 e. The maximum Gasteiger partial charge on any atom is 0.255 e. The highest BCUT2D eigenvalue weighted by Crippen LogP contribution is 2.29. The Bertz CT molecular complexity index is 826. The van der Waals surface area contributed by atoms with E-state index in [0.29, 0.717) is 31.8 Å². The molecule has 1 aromatic rings. The number of pyridine rings is 1. The molecule has 0 aromatic carbocycles. The van der Waals surface area contributed by atoms with E-state index < -0.39 is 9.84 Å². The minimum atomic E-state index is -3.14. The third-order valence-corrected chi connectivity index (χ3v) is 7.75. The van der Waals surface area contributed by atoms with Crippen molar-refractivity contribution in [2.45, 2.75) is 37.8 Å². The van der Waals surface area contributed by atoms with Crippen molar-refractivity contribution in [2.75, 3.05) is 44.9 Å². The molecule has 0 spiro atoms. The van der Waals surface area contributed by atoms with Crippen LogP contribution in [0.15, 0.2) is 12.3 Å². The number of carbonyl (C=O) groups excluding carboxylic acids is 1. The van der Waals surface area contributed by atoms with Gasteiger partial charge in [-0.05, 0) is 37.3 Å². The fourth-order valence-electron chi connectivity index (χ4n) is 4.63. The fourth-order valence-corrected chi connectivity index (χ4v) is 6.65. The molecule has 2 aliphatic heterocycles. The van der Waals surface area contributed by atoms with Crippen LogP contribution in [-0.4, -0.2) is 86.0 Å². The van der Waals surface area contributed by atoms with Gasteiger partial charge >= 0.3 is 0 Å². The number of nitrogens with zero attached hydrogens (tertiary/aromatic N) is 3. The summed E-state index contributed by atoms with van der Waals surface area (Å²) in [6.45, 7) is 2.46. The maximum absolute atomic E-state index is 13.2. The standard InChI is InChI=1S/C19H27N3O4S/c1-26-9-8-21-6-7-22(18-13-27(24,25)12-17(18)21)19(23)15-10-14-4-2-3-5-16(14)20-11-15/h10-11,17-18H,2-9,12-13H2,1H3. The van der Waals surface area contributed by atoms with E-state index in [0.717, 1.165) is 31.4 Å². The van der Waals surface area contributed by atoms with Crippen LogP contribution in [0.25, 0.3) is 0 Å². The van der Waals surface area contributed by atoms with Crippen molar-refractivity contribution in [3.63, 3.8) is 0 Å². The van der Waals surface area contributed by atoms with Crippen LogP contribution in [0.3, 0.4) is 0 Å². The zero-order valence-corrected chi connectivity index (χ0v) is 16.6. The molecule has 4 rings (SSSR count). The van der Waals surface area contributed by atoms with Crippen molar-refractivity contribution in [3.8, 4) is 0 Å². The molecule has 0 bridgehead atoms. The molecule has 8 heteroatoms. The Labute approximate surface area is 160 Å². The lowest BCUT2D eigenvalue weighted by Crippen LogP contribution is -2.61. The number of carbonyl (C=O) groups is 1. The molecule has 3 aliphatic rings. The monoisotopic (exact) mass is 393 g/mol. The van der Waals surface area contributed by atoms with E-state index in [9.17, 15) is 13.2 Å². The van der Waals surface area contributed by atoms with Crippen LogP contribution in [0.5, 0.6) is 0 Å². The van der Waals surface area contributed by atoms with Crippen molar-refractivity contribution < 1.29 is 17.9 Å². The Kier molecular flexibility index (Phi) is 5.22. The Balaban J connectivity index is 1.57. The number of hydrogen-bond donors (Lipinski definition) is 0. The first-order valence-corrected chi connectivity index (χ1v) is 11.5. The summed E-state index contributed by atoms with van der Waals surface area (Å²) in [4.78, 5) is 21.6. The molecular formula is C19H27N3O4S.